The van der Waals surface area contributed by atoms with Crippen LogP contribution in [0.5, 0.6) is 0 Å². The van der Waals surface area contributed by atoms with Crippen LogP contribution in [0.4, 0.5) is 18.0 Å². The number of hydrogen-bond acceptors (Lipinski definition) is 3. The van der Waals surface area contributed by atoms with Crippen molar-refractivity contribution in [2.45, 2.75) is 17.9 Å². The Balaban J connectivity index is 2.15. The topological polar surface area (TPSA) is 78.4 Å². The van der Waals surface area contributed by atoms with Gasteiger partial charge in [-0.05, 0) is 5.56 Å². The first kappa shape index (κ1) is 17.9. The molecule has 0 saturated carbocycles. The lowest BCUT2D eigenvalue weighted by atomic mass is 9.77. The maximum absolute atomic E-state index is 13.7. The van der Waals surface area contributed by atoms with Crippen molar-refractivity contribution in [1.82, 2.24) is 10.6 Å². The highest BCUT2D eigenvalue weighted by atomic mass is 19.4. The van der Waals surface area contributed by atoms with Crippen LogP contribution in [0, 0.1) is 5.92 Å². The quantitative estimate of drug-likeness (QED) is 0.733. The highest BCUT2D eigenvalue weighted by Crippen LogP contribution is 2.43. The van der Waals surface area contributed by atoms with Crippen LogP contribution in [0.2, 0.25) is 0 Å². The minimum Gasteiger partial charge on any atom is -0.363 e. The zero-order valence-electron chi connectivity index (χ0n) is 13.3. The zero-order chi connectivity index (χ0) is 18.9. The molecule has 1 heterocycles. The molecule has 0 aromatic heterocycles. The Bertz CT molecular complexity index is 811. The number of aliphatic hydroxyl groups is 1. The Kier molecular flexibility index (Phi) is 4.45. The Hall–Kier alpha value is -2.87. The maximum Gasteiger partial charge on any atom is 0.437 e. The molecule has 2 amide bonds. The minimum atomic E-state index is -5.26. The maximum atomic E-state index is 13.7. The fourth-order valence-electron chi connectivity index (χ4n) is 3.06. The number of ketones is 1. The van der Waals surface area contributed by atoms with Crippen LogP contribution >= 0.6 is 0 Å². The van der Waals surface area contributed by atoms with Gasteiger partial charge in [0.2, 0.25) is 5.72 Å². The fourth-order valence-corrected chi connectivity index (χ4v) is 3.06. The smallest absolute Gasteiger partial charge is 0.363 e. The van der Waals surface area contributed by atoms with Gasteiger partial charge in [0.25, 0.3) is 0 Å². The van der Waals surface area contributed by atoms with E-state index in [1.807, 2.05) is 0 Å². The van der Waals surface area contributed by atoms with Gasteiger partial charge in [-0.1, -0.05) is 60.7 Å². The van der Waals surface area contributed by atoms with Crippen molar-refractivity contribution >= 4 is 11.8 Å². The molecule has 0 spiro atoms. The van der Waals surface area contributed by atoms with Crippen LogP contribution in [0.3, 0.4) is 0 Å². The van der Waals surface area contributed by atoms with E-state index < -0.39 is 35.7 Å². The van der Waals surface area contributed by atoms with Crippen LogP contribution < -0.4 is 10.6 Å². The average molecular weight is 364 g/mol. The molecule has 0 unspecified atom stereocenters. The molecule has 136 valence electrons. The average Bonchev–Trinajstić information content (AvgIpc) is 2.61. The summed E-state index contributed by atoms with van der Waals surface area (Å²) < 4.78 is 41.0. The summed E-state index contributed by atoms with van der Waals surface area (Å²) in [5.74, 6) is -2.95. The number of Topliss-reactive ketones (excluding diaryl/α,β-unsaturated/α-hetero) is 1. The van der Waals surface area contributed by atoms with E-state index >= 15 is 0 Å². The molecule has 2 aromatic rings. The van der Waals surface area contributed by atoms with Crippen LogP contribution in [-0.4, -0.2) is 28.8 Å². The van der Waals surface area contributed by atoms with Gasteiger partial charge in [-0.2, -0.15) is 13.2 Å². The Morgan fingerprint density at radius 2 is 1.54 bits per heavy atom. The van der Waals surface area contributed by atoms with Crippen molar-refractivity contribution in [1.29, 1.82) is 0 Å². The van der Waals surface area contributed by atoms with E-state index in [-0.39, 0.29) is 11.1 Å². The number of carbonyl (C=O) groups is 2. The van der Waals surface area contributed by atoms with Gasteiger partial charge in [-0.15, -0.1) is 0 Å². The minimum absolute atomic E-state index is 0.000875. The lowest BCUT2D eigenvalue weighted by molar-refractivity contribution is -0.287. The van der Waals surface area contributed by atoms with E-state index in [0.29, 0.717) is 0 Å². The van der Waals surface area contributed by atoms with E-state index in [4.69, 9.17) is 0 Å². The monoisotopic (exact) mass is 364 g/mol. The molecule has 5 nitrogen and oxygen atoms in total. The summed E-state index contributed by atoms with van der Waals surface area (Å²) in [6.07, 6.45) is -5.26. The third kappa shape index (κ3) is 3.03. The number of rotatable bonds is 3. The second-order valence-corrected chi connectivity index (χ2v) is 5.96. The molecular weight excluding hydrogens is 349 g/mol. The van der Waals surface area contributed by atoms with Crippen LogP contribution in [0.1, 0.15) is 22.0 Å². The third-order valence-electron chi connectivity index (χ3n) is 4.31. The van der Waals surface area contributed by atoms with E-state index in [1.54, 1.807) is 24.3 Å². The first-order valence-corrected chi connectivity index (χ1v) is 7.76. The second-order valence-electron chi connectivity index (χ2n) is 5.96. The summed E-state index contributed by atoms with van der Waals surface area (Å²) in [6, 6.07) is 12.5. The third-order valence-corrected chi connectivity index (χ3v) is 4.31. The number of carbonyl (C=O) groups excluding carboxylic acids is 2. The van der Waals surface area contributed by atoms with Gasteiger partial charge in [-0.25, -0.2) is 4.79 Å². The largest absolute Gasteiger partial charge is 0.437 e. The predicted octanol–water partition coefficient (Wildman–Crippen LogP) is 2.79. The van der Waals surface area contributed by atoms with E-state index in [9.17, 15) is 27.9 Å². The van der Waals surface area contributed by atoms with Crippen LogP contribution in [0.15, 0.2) is 60.7 Å². The molecule has 1 aliphatic rings. The molecule has 1 aliphatic heterocycles. The van der Waals surface area contributed by atoms with E-state index in [2.05, 4.69) is 5.32 Å². The molecular formula is C18H15F3N2O3. The van der Waals surface area contributed by atoms with Gasteiger partial charge in [0.05, 0.1) is 6.04 Å². The van der Waals surface area contributed by atoms with E-state index in [0.717, 1.165) is 0 Å². The molecule has 0 bridgehead atoms. The van der Waals surface area contributed by atoms with Crippen molar-refractivity contribution < 1.29 is 27.9 Å². The lowest BCUT2D eigenvalue weighted by Crippen LogP contribution is -2.72. The standard InChI is InChI=1S/C18H15F3N2O3/c19-18(20,21)17(26)13(15(24)12-9-5-2-6-10-12)14(22-16(25)23-17)11-7-3-1-4-8-11/h1-10,13-14,26H,(H2,22,23,25)/t13-,14-,17-/m1/s1. The molecule has 3 rings (SSSR count). The second kappa shape index (κ2) is 6.45. The first-order valence-electron chi connectivity index (χ1n) is 7.76. The van der Waals surface area contributed by atoms with Gasteiger partial charge in [-0.3, -0.25) is 4.79 Å². The normalized spacial score (nSPS) is 25.9. The predicted molar refractivity (Wildman–Crippen MR) is 86.1 cm³/mol. The SMILES string of the molecule is O=C1N[C@H](c2ccccc2)[C@H](C(=O)c2ccccc2)[C@@](O)(C(F)(F)F)N1. The van der Waals surface area contributed by atoms with E-state index in [1.165, 1.54) is 41.7 Å². The number of nitrogens with one attached hydrogen (secondary N) is 2. The number of hydrogen-bond donors (Lipinski definition) is 3. The van der Waals surface area contributed by atoms with Gasteiger partial charge >= 0.3 is 12.2 Å². The number of benzene rings is 2. The lowest BCUT2D eigenvalue weighted by Gasteiger charge is -2.45. The highest BCUT2D eigenvalue weighted by molar-refractivity contribution is 6.00. The molecule has 26 heavy (non-hydrogen) atoms. The summed E-state index contributed by atoms with van der Waals surface area (Å²) in [4.78, 5) is 24.7. The molecule has 1 fully saturated rings. The molecule has 1 saturated heterocycles. The van der Waals surface area contributed by atoms with Crippen molar-refractivity contribution in [2.24, 2.45) is 5.92 Å². The Morgan fingerprint density at radius 3 is 2.08 bits per heavy atom. The number of amides is 2. The van der Waals surface area contributed by atoms with Crippen LogP contribution in [0.25, 0.3) is 0 Å². The first-order chi connectivity index (χ1) is 12.2. The van der Waals surface area contributed by atoms with Gasteiger partial charge in [0.1, 0.15) is 5.92 Å². The van der Waals surface area contributed by atoms with Crippen molar-refractivity contribution in [2.75, 3.05) is 0 Å². The number of alkyl halides is 3. The summed E-state index contributed by atoms with van der Waals surface area (Å²) in [7, 11) is 0. The number of urea groups is 1. The summed E-state index contributed by atoms with van der Waals surface area (Å²) in [6.45, 7) is 0. The zero-order valence-corrected chi connectivity index (χ0v) is 13.3. The Morgan fingerprint density at radius 1 is 1.00 bits per heavy atom. The highest BCUT2D eigenvalue weighted by Gasteiger charge is 2.66. The summed E-state index contributed by atoms with van der Waals surface area (Å²) >= 11 is 0. The Labute approximate surface area is 146 Å². The summed E-state index contributed by atoms with van der Waals surface area (Å²) in [5, 5.41) is 14.2. The van der Waals surface area contributed by atoms with Gasteiger partial charge in [0.15, 0.2) is 5.78 Å². The van der Waals surface area contributed by atoms with Crippen molar-refractivity contribution in [3.8, 4) is 0 Å². The van der Waals surface area contributed by atoms with Crippen molar-refractivity contribution in [3.63, 3.8) is 0 Å². The van der Waals surface area contributed by atoms with Gasteiger partial charge < -0.3 is 15.7 Å². The van der Waals surface area contributed by atoms with Crippen molar-refractivity contribution in [3.05, 3.63) is 71.8 Å². The van der Waals surface area contributed by atoms with Gasteiger partial charge in [0, 0.05) is 5.56 Å². The molecule has 8 heteroatoms. The number of halogens is 3. The molecule has 0 radical (unpaired) electrons. The van der Waals surface area contributed by atoms with Crippen LogP contribution in [-0.2, 0) is 0 Å². The molecule has 3 atom stereocenters. The molecule has 0 aliphatic carbocycles. The molecule has 3 N–H and O–H groups in total. The molecule has 2 aromatic carbocycles. The fraction of sp³-hybridized carbons (Fsp3) is 0.222. The summed E-state index contributed by atoms with van der Waals surface area (Å²) in [5.41, 5.74) is -3.43.